The molecule has 1 aromatic rings. The zero-order valence-electron chi connectivity index (χ0n) is 10.2. The normalized spacial score (nSPS) is 19.1. The van der Waals surface area contributed by atoms with Crippen molar-refractivity contribution in [2.45, 2.75) is 19.4 Å². The lowest BCUT2D eigenvalue weighted by molar-refractivity contribution is 0.0760. The molecule has 1 fully saturated rings. The number of halogens is 1. The Morgan fingerprint density at radius 1 is 1.72 bits per heavy atom. The lowest BCUT2D eigenvalue weighted by Crippen LogP contribution is -2.30. The van der Waals surface area contributed by atoms with Crippen molar-refractivity contribution in [1.29, 1.82) is 0 Å². The number of likely N-dealkylation sites (tertiary alicyclic amines) is 1. The number of hydrogen-bond acceptors (Lipinski definition) is 4. The highest BCUT2D eigenvalue weighted by Crippen LogP contribution is 2.19. The van der Waals surface area contributed by atoms with Crippen LogP contribution in [0.25, 0.3) is 0 Å². The quantitative estimate of drug-likeness (QED) is 0.838. The summed E-state index contributed by atoms with van der Waals surface area (Å²) in [6, 6.07) is 1.36. The van der Waals surface area contributed by atoms with Crippen LogP contribution in [0.1, 0.15) is 23.7 Å². The Kier molecular flexibility index (Phi) is 3.76. The van der Waals surface area contributed by atoms with Crippen molar-refractivity contribution in [2.24, 2.45) is 0 Å². The predicted octanol–water partition coefficient (Wildman–Crippen LogP) is 0.859. The summed E-state index contributed by atoms with van der Waals surface area (Å²) in [5.74, 6) is -0.945. The minimum Gasteiger partial charge on any atom is -0.391 e. The van der Waals surface area contributed by atoms with E-state index in [1.165, 1.54) is 17.2 Å². The van der Waals surface area contributed by atoms with Crippen LogP contribution in [0.4, 0.5) is 10.2 Å². The molecule has 18 heavy (non-hydrogen) atoms. The van der Waals surface area contributed by atoms with E-state index in [2.05, 4.69) is 10.3 Å². The predicted molar refractivity (Wildman–Crippen MR) is 64.9 cm³/mol. The molecule has 1 aromatic heterocycles. The monoisotopic (exact) mass is 253 g/mol. The van der Waals surface area contributed by atoms with Gasteiger partial charge in [0.15, 0.2) is 11.6 Å². The SMILES string of the molecule is CCNc1nccc(C(=O)N2CCC(O)C2)c1F. The van der Waals surface area contributed by atoms with Crippen molar-refractivity contribution in [1.82, 2.24) is 9.88 Å². The molecule has 5 nitrogen and oxygen atoms in total. The fourth-order valence-corrected chi connectivity index (χ4v) is 2.00. The van der Waals surface area contributed by atoms with E-state index in [1.807, 2.05) is 6.92 Å². The van der Waals surface area contributed by atoms with Crippen LogP contribution in [0.5, 0.6) is 0 Å². The van der Waals surface area contributed by atoms with Gasteiger partial charge in [-0.25, -0.2) is 9.37 Å². The van der Waals surface area contributed by atoms with E-state index in [-0.39, 0.29) is 17.9 Å². The van der Waals surface area contributed by atoms with Gasteiger partial charge in [0.25, 0.3) is 5.91 Å². The van der Waals surface area contributed by atoms with Crippen LogP contribution in [-0.2, 0) is 0 Å². The molecular formula is C12H16FN3O2. The molecule has 0 aliphatic carbocycles. The molecule has 0 saturated carbocycles. The van der Waals surface area contributed by atoms with Crippen LogP contribution in [0.3, 0.4) is 0 Å². The molecular weight excluding hydrogens is 237 g/mol. The van der Waals surface area contributed by atoms with Gasteiger partial charge in [-0.1, -0.05) is 0 Å². The molecule has 2 rings (SSSR count). The van der Waals surface area contributed by atoms with E-state index in [4.69, 9.17) is 0 Å². The molecule has 0 radical (unpaired) electrons. The third-order valence-corrected chi connectivity index (χ3v) is 2.91. The number of nitrogens with zero attached hydrogens (tertiary/aromatic N) is 2. The number of hydrogen-bond donors (Lipinski definition) is 2. The molecule has 6 heteroatoms. The summed E-state index contributed by atoms with van der Waals surface area (Å²) in [5.41, 5.74) is -0.00458. The van der Waals surface area contributed by atoms with Gasteiger partial charge in [0, 0.05) is 25.8 Å². The summed E-state index contributed by atoms with van der Waals surface area (Å²) < 4.78 is 14.0. The number of aliphatic hydroxyl groups is 1. The van der Waals surface area contributed by atoms with Gasteiger partial charge in [-0.15, -0.1) is 0 Å². The zero-order valence-corrected chi connectivity index (χ0v) is 10.2. The molecule has 1 amide bonds. The number of rotatable bonds is 3. The van der Waals surface area contributed by atoms with Gasteiger partial charge in [-0.2, -0.15) is 0 Å². The maximum absolute atomic E-state index is 14.0. The second-order valence-electron chi connectivity index (χ2n) is 4.25. The topological polar surface area (TPSA) is 65.5 Å². The summed E-state index contributed by atoms with van der Waals surface area (Å²) in [7, 11) is 0. The van der Waals surface area contributed by atoms with E-state index in [1.54, 1.807) is 0 Å². The van der Waals surface area contributed by atoms with Crippen LogP contribution < -0.4 is 5.32 Å². The van der Waals surface area contributed by atoms with E-state index in [0.717, 1.165) is 0 Å². The Bertz CT molecular complexity index is 453. The largest absolute Gasteiger partial charge is 0.391 e. The molecule has 1 atom stereocenters. The highest BCUT2D eigenvalue weighted by Gasteiger charge is 2.27. The highest BCUT2D eigenvalue weighted by atomic mass is 19.1. The van der Waals surface area contributed by atoms with Gasteiger partial charge in [-0.05, 0) is 19.4 Å². The maximum atomic E-state index is 14.0. The van der Waals surface area contributed by atoms with Crippen LogP contribution in [0, 0.1) is 5.82 Å². The molecule has 0 spiro atoms. The second kappa shape index (κ2) is 5.30. The summed E-state index contributed by atoms with van der Waals surface area (Å²) in [6.07, 6.45) is 1.44. The molecule has 1 aliphatic rings. The molecule has 0 aromatic carbocycles. The summed E-state index contributed by atoms with van der Waals surface area (Å²) >= 11 is 0. The lowest BCUT2D eigenvalue weighted by atomic mass is 10.2. The number of aromatic nitrogens is 1. The Morgan fingerprint density at radius 2 is 2.50 bits per heavy atom. The Morgan fingerprint density at radius 3 is 3.11 bits per heavy atom. The number of nitrogens with one attached hydrogen (secondary N) is 1. The van der Waals surface area contributed by atoms with Gasteiger partial charge in [0.1, 0.15) is 0 Å². The van der Waals surface area contributed by atoms with E-state index in [0.29, 0.717) is 19.5 Å². The molecule has 2 N–H and O–H groups in total. The number of pyridine rings is 1. The summed E-state index contributed by atoms with van der Waals surface area (Å²) in [6.45, 7) is 3.08. The average Bonchev–Trinajstić information content (AvgIpc) is 2.78. The molecule has 1 aliphatic heterocycles. The van der Waals surface area contributed by atoms with Crippen LogP contribution in [0.2, 0.25) is 0 Å². The first-order chi connectivity index (χ1) is 8.63. The third kappa shape index (κ3) is 2.43. The van der Waals surface area contributed by atoms with Crippen molar-refractivity contribution in [3.63, 3.8) is 0 Å². The summed E-state index contributed by atoms with van der Waals surface area (Å²) in [4.78, 5) is 17.4. The van der Waals surface area contributed by atoms with Gasteiger partial charge < -0.3 is 15.3 Å². The molecule has 2 heterocycles. The minimum atomic E-state index is -0.634. The number of β-amino-alcohol motifs (C(OH)–C–C–N with tert-alkyl or cyclic N) is 1. The second-order valence-corrected chi connectivity index (χ2v) is 4.25. The first kappa shape index (κ1) is 12.8. The van der Waals surface area contributed by atoms with Gasteiger partial charge in [-0.3, -0.25) is 4.79 Å². The van der Waals surface area contributed by atoms with Crippen LogP contribution >= 0.6 is 0 Å². The van der Waals surface area contributed by atoms with Gasteiger partial charge in [0.2, 0.25) is 0 Å². The minimum absolute atomic E-state index is 0.00458. The maximum Gasteiger partial charge on any atom is 0.257 e. The van der Waals surface area contributed by atoms with Gasteiger partial charge >= 0.3 is 0 Å². The Labute approximate surface area is 105 Å². The van der Waals surface area contributed by atoms with Crippen LogP contribution in [0.15, 0.2) is 12.3 Å². The summed E-state index contributed by atoms with van der Waals surface area (Å²) in [5, 5.41) is 12.2. The van der Waals surface area contributed by atoms with Crippen molar-refractivity contribution in [2.75, 3.05) is 25.0 Å². The molecule has 98 valence electrons. The highest BCUT2D eigenvalue weighted by molar-refractivity contribution is 5.95. The third-order valence-electron chi connectivity index (χ3n) is 2.91. The standard InChI is InChI=1S/C12H16FN3O2/c1-2-14-11-10(13)9(3-5-15-11)12(18)16-6-4-8(17)7-16/h3,5,8,17H,2,4,6-7H2,1H3,(H,14,15). The lowest BCUT2D eigenvalue weighted by Gasteiger charge is -2.16. The first-order valence-corrected chi connectivity index (χ1v) is 5.99. The Balaban J connectivity index is 2.22. The number of amides is 1. The first-order valence-electron chi connectivity index (χ1n) is 5.99. The van der Waals surface area contributed by atoms with E-state index < -0.39 is 17.8 Å². The smallest absolute Gasteiger partial charge is 0.257 e. The van der Waals surface area contributed by atoms with Crippen LogP contribution in [-0.4, -0.2) is 46.6 Å². The molecule has 0 bridgehead atoms. The number of anilines is 1. The molecule has 1 saturated heterocycles. The van der Waals surface area contributed by atoms with Crippen molar-refractivity contribution in [3.8, 4) is 0 Å². The number of carbonyl (C=O) groups is 1. The number of carbonyl (C=O) groups excluding carboxylic acids is 1. The van der Waals surface area contributed by atoms with Crippen molar-refractivity contribution < 1.29 is 14.3 Å². The molecule has 1 unspecified atom stereocenters. The van der Waals surface area contributed by atoms with Gasteiger partial charge in [0.05, 0.1) is 11.7 Å². The fraction of sp³-hybridized carbons (Fsp3) is 0.500. The van der Waals surface area contributed by atoms with Crippen molar-refractivity contribution in [3.05, 3.63) is 23.6 Å². The van der Waals surface area contributed by atoms with Crippen molar-refractivity contribution >= 4 is 11.7 Å². The van der Waals surface area contributed by atoms with E-state index in [9.17, 15) is 14.3 Å². The number of aliphatic hydroxyl groups excluding tert-OH is 1. The van der Waals surface area contributed by atoms with E-state index >= 15 is 0 Å². The fourth-order valence-electron chi connectivity index (χ4n) is 2.00. The zero-order chi connectivity index (χ0) is 13.1. The Hall–Kier alpha value is -1.69. The average molecular weight is 253 g/mol.